The van der Waals surface area contributed by atoms with Crippen molar-refractivity contribution in [2.45, 2.75) is 12.5 Å². The fraction of sp³-hybridized carbons (Fsp3) is 0.105. The first kappa shape index (κ1) is 21.1. The first-order valence-electron chi connectivity index (χ1n) is 7.61. The van der Waals surface area contributed by atoms with E-state index in [1.165, 1.54) is 30.3 Å². The second-order valence-corrected chi connectivity index (χ2v) is 5.42. The maximum absolute atomic E-state index is 12.7. The van der Waals surface area contributed by atoms with E-state index in [1.807, 2.05) is 0 Å². The molecule has 0 spiro atoms. The van der Waals surface area contributed by atoms with E-state index < -0.39 is 29.8 Å². The molecule has 3 nitrogen and oxygen atoms in total. The number of hydrogen-bond acceptors (Lipinski definition) is 2. The number of rotatable bonds is 5. The monoisotopic (exact) mass is 402 g/mol. The van der Waals surface area contributed by atoms with Crippen LogP contribution in [-0.4, -0.2) is 17.4 Å². The Morgan fingerprint density at radius 1 is 0.857 bits per heavy atom. The zero-order chi connectivity index (χ0) is 20.9. The van der Waals surface area contributed by atoms with Crippen LogP contribution in [0.3, 0.4) is 0 Å². The lowest BCUT2D eigenvalue weighted by Crippen LogP contribution is -2.17. The van der Waals surface area contributed by atoms with Gasteiger partial charge in [0.2, 0.25) is 0 Å². The van der Waals surface area contributed by atoms with Crippen molar-refractivity contribution < 1.29 is 41.0 Å². The molecule has 0 amide bonds. The molecule has 0 aliphatic heterocycles. The van der Waals surface area contributed by atoms with Crippen LogP contribution in [0.2, 0.25) is 0 Å². The molecular formula is C19H12F6O3. The number of carboxylic acid groups (broad SMARTS) is 1. The van der Waals surface area contributed by atoms with E-state index in [1.54, 1.807) is 0 Å². The normalized spacial score (nSPS) is 13.0. The first-order chi connectivity index (χ1) is 13.0. The molecule has 148 valence electrons. The third-order valence-electron chi connectivity index (χ3n) is 3.42. The molecule has 0 atom stereocenters. The van der Waals surface area contributed by atoms with Crippen molar-refractivity contribution in [3.63, 3.8) is 0 Å². The average molecular weight is 402 g/mol. The summed E-state index contributed by atoms with van der Waals surface area (Å²) in [6, 6.07) is 8.71. The molecule has 0 heterocycles. The molecule has 0 bridgehead atoms. The number of hydrogen-bond donors (Lipinski definition) is 1. The van der Waals surface area contributed by atoms with Gasteiger partial charge in [0.1, 0.15) is 5.75 Å². The van der Waals surface area contributed by atoms with E-state index in [9.17, 15) is 31.1 Å². The predicted molar refractivity (Wildman–Crippen MR) is 88.4 cm³/mol. The van der Waals surface area contributed by atoms with Gasteiger partial charge in [-0.3, -0.25) is 0 Å². The first-order valence-corrected chi connectivity index (χ1v) is 7.61. The number of carbonyl (C=O) groups is 1. The summed E-state index contributed by atoms with van der Waals surface area (Å²) in [5.41, 5.74) is 0.104. The third kappa shape index (κ3) is 6.19. The van der Waals surface area contributed by atoms with Crippen molar-refractivity contribution >= 4 is 11.5 Å². The quantitative estimate of drug-likeness (QED) is 0.398. The summed E-state index contributed by atoms with van der Waals surface area (Å²) in [5, 5.41) is 8.67. The molecule has 28 heavy (non-hydrogen) atoms. The van der Waals surface area contributed by atoms with Crippen LogP contribution >= 0.6 is 0 Å². The number of allylic oxidation sites excluding steroid dienone is 2. The summed E-state index contributed by atoms with van der Waals surface area (Å²) in [5.74, 6) is -1.71. The minimum absolute atomic E-state index is 0.310. The minimum Gasteiger partial charge on any atom is -0.478 e. The highest BCUT2D eigenvalue weighted by Gasteiger charge is 2.31. The van der Waals surface area contributed by atoms with Gasteiger partial charge in [0.25, 0.3) is 0 Å². The van der Waals surface area contributed by atoms with E-state index in [0.29, 0.717) is 16.7 Å². The van der Waals surface area contributed by atoms with Crippen molar-refractivity contribution in [1.82, 2.24) is 0 Å². The molecule has 9 heteroatoms. The minimum atomic E-state index is -4.86. The molecule has 0 unspecified atom stereocenters. The maximum Gasteiger partial charge on any atom is 0.573 e. The van der Waals surface area contributed by atoms with Gasteiger partial charge >= 0.3 is 18.5 Å². The maximum atomic E-state index is 12.7. The van der Waals surface area contributed by atoms with Crippen LogP contribution in [0.15, 0.2) is 66.8 Å². The van der Waals surface area contributed by atoms with Gasteiger partial charge in [-0.25, -0.2) is 4.79 Å². The van der Waals surface area contributed by atoms with Crippen LogP contribution in [0.25, 0.3) is 5.57 Å². The van der Waals surface area contributed by atoms with Crippen LogP contribution in [-0.2, 0) is 11.0 Å². The lowest BCUT2D eigenvalue weighted by atomic mass is 9.96. The van der Waals surface area contributed by atoms with Crippen molar-refractivity contribution in [3.05, 3.63) is 83.4 Å². The highest BCUT2D eigenvalue weighted by molar-refractivity contribution is 5.84. The highest BCUT2D eigenvalue weighted by Crippen LogP contribution is 2.32. The fourth-order valence-electron chi connectivity index (χ4n) is 2.26. The van der Waals surface area contributed by atoms with Crippen LogP contribution < -0.4 is 4.74 Å². The number of halogens is 6. The molecule has 1 N–H and O–H groups in total. The molecule has 0 saturated heterocycles. The van der Waals surface area contributed by atoms with Gasteiger partial charge in [-0.2, -0.15) is 13.2 Å². The summed E-state index contributed by atoms with van der Waals surface area (Å²) in [6.45, 7) is 0. The molecule has 0 radical (unpaired) electrons. The molecule has 0 aliphatic rings. The zero-order valence-electron chi connectivity index (χ0n) is 13.9. The molecule has 2 aromatic carbocycles. The van der Waals surface area contributed by atoms with Gasteiger partial charge in [-0.05, 0) is 41.0 Å². The Morgan fingerprint density at radius 2 is 1.36 bits per heavy atom. The SMILES string of the molecule is O=C(O)/C=C/C=C(/c1ccc(OC(F)(F)F)cc1)c1ccc(C(F)(F)F)cc1. The Labute approximate surface area is 155 Å². The van der Waals surface area contributed by atoms with E-state index in [4.69, 9.17) is 5.11 Å². The van der Waals surface area contributed by atoms with Crippen molar-refractivity contribution in [3.8, 4) is 5.75 Å². The Bertz CT molecular complexity index is 876. The summed E-state index contributed by atoms with van der Waals surface area (Å²) < 4.78 is 78.7. The van der Waals surface area contributed by atoms with Crippen LogP contribution in [0.4, 0.5) is 26.3 Å². The summed E-state index contributed by atoms with van der Waals surface area (Å²) in [7, 11) is 0. The Hall–Kier alpha value is -3.23. The van der Waals surface area contributed by atoms with Gasteiger partial charge in [0.15, 0.2) is 0 Å². The Balaban J connectivity index is 2.41. The number of carboxylic acids is 1. The highest BCUT2D eigenvalue weighted by atomic mass is 19.4. The number of alkyl halides is 6. The van der Waals surface area contributed by atoms with Crippen LogP contribution in [0.5, 0.6) is 5.75 Å². The standard InChI is InChI=1S/C19H12F6O3/c20-18(21,22)14-8-4-12(5-9-14)16(2-1-3-17(26)27)13-6-10-15(11-7-13)28-19(23,24)25/h1-11H,(H,26,27)/b3-1+,16-2+. The van der Waals surface area contributed by atoms with Gasteiger partial charge < -0.3 is 9.84 Å². The van der Waals surface area contributed by atoms with Crippen molar-refractivity contribution in [2.24, 2.45) is 0 Å². The van der Waals surface area contributed by atoms with E-state index in [0.717, 1.165) is 36.4 Å². The largest absolute Gasteiger partial charge is 0.573 e. The van der Waals surface area contributed by atoms with Gasteiger partial charge in [-0.1, -0.05) is 36.4 Å². The van der Waals surface area contributed by atoms with Gasteiger partial charge in [-0.15, -0.1) is 13.2 Å². The van der Waals surface area contributed by atoms with Crippen LogP contribution in [0, 0.1) is 0 Å². The molecule has 0 fully saturated rings. The topological polar surface area (TPSA) is 46.5 Å². The number of benzene rings is 2. The second kappa shape index (κ2) is 8.20. The smallest absolute Gasteiger partial charge is 0.478 e. The predicted octanol–water partition coefficient (Wildman–Crippen LogP) is 5.68. The Morgan fingerprint density at radius 3 is 1.79 bits per heavy atom. The van der Waals surface area contributed by atoms with Gasteiger partial charge in [0.05, 0.1) is 5.56 Å². The summed E-state index contributed by atoms with van der Waals surface area (Å²) in [4.78, 5) is 10.6. The van der Waals surface area contributed by atoms with E-state index in [2.05, 4.69) is 4.74 Å². The molecule has 2 rings (SSSR count). The molecule has 2 aromatic rings. The Kier molecular flexibility index (Phi) is 6.17. The lowest BCUT2D eigenvalue weighted by Gasteiger charge is -2.12. The van der Waals surface area contributed by atoms with E-state index >= 15 is 0 Å². The van der Waals surface area contributed by atoms with Crippen molar-refractivity contribution in [2.75, 3.05) is 0 Å². The molecule has 0 saturated carbocycles. The number of ether oxygens (including phenoxy) is 1. The van der Waals surface area contributed by atoms with Crippen molar-refractivity contribution in [1.29, 1.82) is 0 Å². The molecule has 0 aliphatic carbocycles. The average Bonchev–Trinajstić information content (AvgIpc) is 2.57. The summed E-state index contributed by atoms with van der Waals surface area (Å²) >= 11 is 0. The zero-order valence-corrected chi connectivity index (χ0v) is 13.9. The number of aliphatic carboxylic acids is 1. The summed E-state index contributed by atoms with van der Waals surface area (Å²) in [6.07, 6.45) is -6.09. The third-order valence-corrected chi connectivity index (χ3v) is 3.42. The van der Waals surface area contributed by atoms with E-state index in [-0.39, 0.29) is 0 Å². The lowest BCUT2D eigenvalue weighted by molar-refractivity contribution is -0.274. The molecular weight excluding hydrogens is 390 g/mol. The fourth-order valence-corrected chi connectivity index (χ4v) is 2.26. The second-order valence-electron chi connectivity index (χ2n) is 5.42. The van der Waals surface area contributed by atoms with Gasteiger partial charge in [0, 0.05) is 6.08 Å². The van der Waals surface area contributed by atoms with Crippen LogP contribution in [0.1, 0.15) is 16.7 Å². The molecule has 0 aromatic heterocycles.